The second kappa shape index (κ2) is 6.45. The summed E-state index contributed by atoms with van der Waals surface area (Å²) in [6, 6.07) is 14.1. The zero-order valence-electron chi connectivity index (χ0n) is 13.4. The number of aliphatic imine (C=N–C) groups is 1. The van der Waals surface area contributed by atoms with Gasteiger partial charge in [0.25, 0.3) is 0 Å². The molecule has 6 nitrogen and oxygen atoms in total. The molecule has 3 aromatic rings. The van der Waals surface area contributed by atoms with Crippen molar-refractivity contribution in [1.29, 1.82) is 0 Å². The summed E-state index contributed by atoms with van der Waals surface area (Å²) in [4.78, 5) is 20.0. The summed E-state index contributed by atoms with van der Waals surface area (Å²) in [5, 5.41) is 22.6. The van der Waals surface area contributed by atoms with Crippen LogP contribution < -0.4 is 5.32 Å². The van der Waals surface area contributed by atoms with E-state index in [0.717, 1.165) is 16.8 Å². The van der Waals surface area contributed by atoms with E-state index >= 15 is 0 Å². The number of rotatable bonds is 4. The molecule has 0 saturated carbocycles. The summed E-state index contributed by atoms with van der Waals surface area (Å²) in [5.41, 5.74) is 3.73. The fourth-order valence-corrected chi connectivity index (χ4v) is 3.42. The number of carboxylic acid groups (broad SMARTS) is 1. The van der Waals surface area contributed by atoms with Crippen LogP contribution in [0.5, 0.6) is 5.88 Å². The van der Waals surface area contributed by atoms with Gasteiger partial charge < -0.3 is 15.5 Å². The number of carboxylic acids is 1. The topological polar surface area (TPSA) is 94.8 Å². The number of anilines is 2. The van der Waals surface area contributed by atoms with Crippen LogP contribution in [-0.4, -0.2) is 27.4 Å². The lowest BCUT2D eigenvalue weighted by molar-refractivity contribution is 0.0697. The largest absolute Gasteiger partial charge is 0.492 e. The van der Waals surface area contributed by atoms with Crippen molar-refractivity contribution in [2.24, 2.45) is 4.99 Å². The molecule has 1 aromatic heterocycles. The molecule has 26 heavy (non-hydrogen) atoms. The minimum Gasteiger partial charge on any atom is -0.492 e. The van der Waals surface area contributed by atoms with Crippen LogP contribution in [0.4, 0.5) is 16.5 Å². The van der Waals surface area contributed by atoms with Crippen LogP contribution >= 0.6 is 11.3 Å². The molecular formula is C19H13N3O3S. The molecule has 0 saturated heterocycles. The van der Waals surface area contributed by atoms with Gasteiger partial charge in [0.05, 0.1) is 16.1 Å². The summed E-state index contributed by atoms with van der Waals surface area (Å²) in [5.74, 6) is -1.04. The number of carbonyl (C=O) groups is 1. The first-order chi connectivity index (χ1) is 12.6. The molecule has 7 heteroatoms. The van der Waals surface area contributed by atoms with Gasteiger partial charge in [-0.25, -0.2) is 4.79 Å². The third kappa shape index (κ3) is 3.07. The molecule has 0 bridgehead atoms. The van der Waals surface area contributed by atoms with Crippen molar-refractivity contribution < 1.29 is 15.0 Å². The molecule has 128 valence electrons. The minimum atomic E-state index is -0.976. The summed E-state index contributed by atoms with van der Waals surface area (Å²) in [6.07, 6.45) is 3.61. The van der Waals surface area contributed by atoms with E-state index in [2.05, 4.69) is 15.3 Å². The molecule has 0 spiro atoms. The Bertz CT molecular complexity index is 1050. The Labute approximate surface area is 152 Å². The molecule has 0 radical (unpaired) electrons. The highest BCUT2D eigenvalue weighted by molar-refractivity contribution is 7.16. The highest BCUT2D eigenvalue weighted by Gasteiger charge is 2.14. The quantitative estimate of drug-likeness (QED) is 0.632. The van der Waals surface area contributed by atoms with Crippen LogP contribution in [0.3, 0.4) is 0 Å². The van der Waals surface area contributed by atoms with E-state index in [9.17, 15) is 9.90 Å². The number of aromatic hydroxyl groups is 1. The molecule has 2 heterocycles. The number of nitrogens with one attached hydrogen (secondary N) is 1. The first-order valence-corrected chi connectivity index (χ1v) is 8.57. The average Bonchev–Trinajstić information content (AvgIpc) is 3.20. The maximum Gasteiger partial charge on any atom is 0.335 e. The molecule has 0 fully saturated rings. The highest BCUT2D eigenvalue weighted by Crippen LogP contribution is 2.37. The van der Waals surface area contributed by atoms with E-state index in [4.69, 9.17) is 5.11 Å². The number of benzene rings is 2. The normalized spacial score (nSPS) is 13.8. The summed E-state index contributed by atoms with van der Waals surface area (Å²) in [6.45, 7) is 0. The predicted octanol–water partition coefficient (Wildman–Crippen LogP) is 4.55. The third-order valence-electron chi connectivity index (χ3n) is 3.86. The molecule has 3 N–H and O–H groups in total. The van der Waals surface area contributed by atoms with Gasteiger partial charge in [-0.3, -0.25) is 4.99 Å². The second-order valence-corrected chi connectivity index (χ2v) is 6.62. The standard InChI is InChI=1S/C19H13N3O3S/c23-17-16(9-12-10-20-15-4-2-1-3-14(12)15)26-19(22-17)21-13-7-5-11(6-8-13)18(24)25/h1-10,23H,(H,21,22)(H,24,25)/b12-9+. The summed E-state index contributed by atoms with van der Waals surface area (Å²) >= 11 is 1.30. The van der Waals surface area contributed by atoms with E-state index in [1.807, 2.05) is 30.3 Å². The molecule has 0 atom stereocenters. The van der Waals surface area contributed by atoms with E-state index in [-0.39, 0.29) is 11.4 Å². The van der Waals surface area contributed by atoms with Gasteiger partial charge >= 0.3 is 5.97 Å². The molecule has 4 rings (SSSR count). The van der Waals surface area contributed by atoms with E-state index in [0.29, 0.717) is 15.7 Å². The van der Waals surface area contributed by atoms with E-state index in [1.54, 1.807) is 18.3 Å². The Kier molecular flexibility index (Phi) is 3.98. The number of allylic oxidation sites excluding steroid dienone is 1. The number of hydrogen-bond donors (Lipinski definition) is 3. The van der Waals surface area contributed by atoms with Crippen LogP contribution in [0.1, 0.15) is 20.8 Å². The predicted molar refractivity (Wildman–Crippen MR) is 103 cm³/mol. The number of aromatic nitrogens is 1. The second-order valence-electron chi connectivity index (χ2n) is 5.59. The van der Waals surface area contributed by atoms with Gasteiger partial charge in [-0.1, -0.05) is 29.5 Å². The number of thiazole rings is 1. The Hall–Kier alpha value is -3.45. The van der Waals surface area contributed by atoms with Crippen molar-refractivity contribution in [1.82, 2.24) is 4.98 Å². The monoisotopic (exact) mass is 363 g/mol. The lowest BCUT2D eigenvalue weighted by atomic mass is 10.1. The van der Waals surface area contributed by atoms with Crippen molar-refractivity contribution >= 4 is 51.7 Å². The van der Waals surface area contributed by atoms with Crippen LogP contribution in [0.2, 0.25) is 0 Å². The smallest absolute Gasteiger partial charge is 0.335 e. The zero-order chi connectivity index (χ0) is 18.1. The molecule has 0 aliphatic carbocycles. The van der Waals surface area contributed by atoms with Crippen LogP contribution in [0.25, 0.3) is 11.6 Å². The van der Waals surface area contributed by atoms with Gasteiger partial charge in [-0.05, 0) is 36.4 Å². The van der Waals surface area contributed by atoms with Gasteiger partial charge in [0.15, 0.2) is 5.13 Å². The maximum absolute atomic E-state index is 10.9. The van der Waals surface area contributed by atoms with Gasteiger partial charge in [0.1, 0.15) is 0 Å². The first-order valence-electron chi connectivity index (χ1n) is 7.75. The lowest BCUT2D eigenvalue weighted by Crippen LogP contribution is -1.96. The number of para-hydroxylation sites is 1. The van der Waals surface area contributed by atoms with Gasteiger partial charge in [0.2, 0.25) is 5.88 Å². The average molecular weight is 363 g/mol. The Morgan fingerprint density at radius 3 is 2.65 bits per heavy atom. The van der Waals surface area contributed by atoms with E-state index in [1.165, 1.54) is 23.5 Å². The van der Waals surface area contributed by atoms with Crippen molar-refractivity contribution in [3.63, 3.8) is 0 Å². The van der Waals surface area contributed by atoms with Crippen molar-refractivity contribution in [3.05, 3.63) is 64.5 Å². The molecular weight excluding hydrogens is 350 g/mol. The first kappa shape index (κ1) is 16.0. The lowest BCUT2D eigenvalue weighted by Gasteiger charge is -2.02. The van der Waals surface area contributed by atoms with Gasteiger partial charge in [-0.15, -0.1) is 0 Å². The van der Waals surface area contributed by atoms with Crippen LogP contribution in [-0.2, 0) is 0 Å². The molecule has 1 aliphatic rings. The molecule has 2 aromatic carbocycles. The SMILES string of the molecule is O=C(O)c1ccc(Nc2nc(O)c(/C=C3\C=Nc4ccccc43)s2)cc1. The van der Waals surface area contributed by atoms with E-state index < -0.39 is 5.97 Å². The van der Waals surface area contributed by atoms with Crippen molar-refractivity contribution in [2.75, 3.05) is 5.32 Å². The fourth-order valence-electron chi connectivity index (χ4n) is 2.59. The van der Waals surface area contributed by atoms with Crippen molar-refractivity contribution in [3.8, 4) is 5.88 Å². The summed E-state index contributed by atoms with van der Waals surface area (Å²) < 4.78 is 0. The fraction of sp³-hybridized carbons (Fsp3) is 0. The molecule has 0 unspecified atom stereocenters. The van der Waals surface area contributed by atoms with Gasteiger partial charge in [-0.2, -0.15) is 4.98 Å². The summed E-state index contributed by atoms with van der Waals surface area (Å²) in [7, 11) is 0. The minimum absolute atomic E-state index is 0.0649. The number of hydrogen-bond acceptors (Lipinski definition) is 6. The highest BCUT2D eigenvalue weighted by atomic mass is 32.1. The van der Waals surface area contributed by atoms with Gasteiger partial charge in [0, 0.05) is 23.0 Å². The Balaban J connectivity index is 1.58. The molecule has 0 amide bonds. The number of aromatic carboxylic acids is 1. The Morgan fingerprint density at radius 2 is 1.88 bits per heavy atom. The number of fused-ring (bicyclic) bond motifs is 1. The Morgan fingerprint density at radius 1 is 1.12 bits per heavy atom. The maximum atomic E-state index is 10.9. The van der Waals surface area contributed by atoms with Crippen LogP contribution in [0, 0.1) is 0 Å². The van der Waals surface area contributed by atoms with Crippen molar-refractivity contribution in [2.45, 2.75) is 0 Å². The molecule has 1 aliphatic heterocycles. The zero-order valence-corrected chi connectivity index (χ0v) is 14.2. The number of nitrogens with zero attached hydrogens (tertiary/aromatic N) is 2. The van der Waals surface area contributed by atoms with Crippen LogP contribution in [0.15, 0.2) is 53.5 Å². The third-order valence-corrected chi connectivity index (χ3v) is 4.77.